The Bertz CT molecular complexity index is 651. The molecule has 0 bridgehead atoms. The predicted molar refractivity (Wildman–Crippen MR) is 77.8 cm³/mol. The first-order valence-corrected chi connectivity index (χ1v) is 7.51. The predicted octanol–water partition coefficient (Wildman–Crippen LogP) is 1.38. The van der Waals surface area contributed by atoms with Gasteiger partial charge in [-0.2, -0.15) is 5.26 Å². The van der Waals surface area contributed by atoms with Crippen molar-refractivity contribution in [3.8, 4) is 6.07 Å². The number of likely N-dealkylation sites (N-methyl/N-ethyl adjacent to an activating group) is 1. The Morgan fingerprint density at radius 2 is 2.04 bits per heavy atom. The number of benzene rings is 1. The van der Waals surface area contributed by atoms with Crippen molar-refractivity contribution in [3.63, 3.8) is 0 Å². The van der Waals surface area contributed by atoms with Crippen LogP contribution in [0, 0.1) is 23.0 Å². The van der Waals surface area contributed by atoms with Gasteiger partial charge >= 0.3 is 0 Å². The number of carbonyl (C=O) groups is 1. The number of rotatable bonds is 1. The summed E-state index contributed by atoms with van der Waals surface area (Å²) in [5.74, 6) is -2.68. The van der Waals surface area contributed by atoms with Crippen LogP contribution in [0.2, 0.25) is 0 Å². The van der Waals surface area contributed by atoms with Gasteiger partial charge in [-0.25, -0.2) is 8.78 Å². The fraction of sp³-hybridized carbons (Fsp3) is 0.500. The highest BCUT2D eigenvalue weighted by Gasteiger charge is 2.39. The van der Waals surface area contributed by atoms with Crippen LogP contribution in [0.5, 0.6) is 0 Å². The van der Waals surface area contributed by atoms with Crippen molar-refractivity contribution in [1.82, 2.24) is 9.80 Å². The molecule has 2 aliphatic heterocycles. The zero-order chi connectivity index (χ0) is 16.6. The molecule has 0 unspecified atom stereocenters. The van der Waals surface area contributed by atoms with Gasteiger partial charge in [-0.3, -0.25) is 4.79 Å². The lowest BCUT2D eigenvalue weighted by Gasteiger charge is -2.46. The SMILES string of the molecule is CN1CC[C@@H]2OCCN(C(=O)c3c(F)cc(C#N)cc3F)[C@@H]2C1. The molecule has 3 rings (SSSR count). The van der Waals surface area contributed by atoms with Gasteiger partial charge in [0.05, 0.1) is 30.4 Å². The molecule has 2 saturated heterocycles. The van der Waals surface area contributed by atoms with E-state index in [1.54, 1.807) is 6.07 Å². The molecule has 0 N–H and O–H groups in total. The highest BCUT2D eigenvalue weighted by atomic mass is 19.1. The normalized spacial score (nSPS) is 24.9. The van der Waals surface area contributed by atoms with E-state index in [1.807, 2.05) is 7.05 Å². The largest absolute Gasteiger partial charge is 0.374 e. The Hall–Kier alpha value is -2.04. The second-order valence-electron chi connectivity index (χ2n) is 5.95. The van der Waals surface area contributed by atoms with Gasteiger partial charge in [0, 0.05) is 19.6 Å². The molecule has 1 aromatic rings. The minimum Gasteiger partial charge on any atom is -0.374 e. The summed E-state index contributed by atoms with van der Waals surface area (Å²) in [4.78, 5) is 16.3. The number of halogens is 2. The van der Waals surface area contributed by atoms with Gasteiger partial charge < -0.3 is 14.5 Å². The van der Waals surface area contributed by atoms with Crippen molar-refractivity contribution >= 4 is 5.91 Å². The molecule has 2 fully saturated rings. The number of nitriles is 1. The van der Waals surface area contributed by atoms with Crippen molar-refractivity contribution in [3.05, 3.63) is 34.9 Å². The summed E-state index contributed by atoms with van der Waals surface area (Å²) in [5.41, 5.74) is -0.744. The molecule has 2 aliphatic rings. The fourth-order valence-electron chi connectivity index (χ4n) is 3.27. The summed E-state index contributed by atoms with van der Waals surface area (Å²) in [7, 11) is 1.94. The van der Waals surface area contributed by atoms with E-state index in [-0.39, 0.29) is 17.7 Å². The third-order valence-electron chi connectivity index (χ3n) is 4.43. The molecule has 7 heteroatoms. The lowest BCUT2D eigenvalue weighted by Crippen LogP contribution is -2.60. The van der Waals surface area contributed by atoms with Crippen molar-refractivity contribution < 1.29 is 18.3 Å². The van der Waals surface area contributed by atoms with Gasteiger partial charge in [-0.1, -0.05) is 0 Å². The highest BCUT2D eigenvalue weighted by Crippen LogP contribution is 2.26. The van der Waals surface area contributed by atoms with Gasteiger partial charge in [-0.05, 0) is 25.6 Å². The van der Waals surface area contributed by atoms with Crippen molar-refractivity contribution in [2.75, 3.05) is 33.3 Å². The molecule has 23 heavy (non-hydrogen) atoms. The molecule has 2 atom stereocenters. The maximum absolute atomic E-state index is 14.1. The Kier molecular flexibility index (Phi) is 4.28. The molecule has 1 aromatic carbocycles. The maximum Gasteiger partial charge on any atom is 0.260 e. The van der Waals surface area contributed by atoms with Crippen LogP contribution in [0.3, 0.4) is 0 Å². The number of carbonyl (C=O) groups excluding carboxylic acids is 1. The Balaban J connectivity index is 1.92. The van der Waals surface area contributed by atoms with E-state index >= 15 is 0 Å². The summed E-state index contributed by atoms with van der Waals surface area (Å²) >= 11 is 0. The Morgan fingerprint density at radius 1 is 1.35 bits per heavy atom. The summed E-state index contributed by atoms with van der Waals surface area (Å²) in [6.45, 7) is 2.13. The molecule has 0 aromatic heterocycles. The average Bonchev–Trinajstić information content (AvgIpc) is 2.53. The summed E-state index contributed by atoms with van der Waals surface area (Å²) < 4.78 is 33.9. The summed E-state index contributed by atoms with van der Waals surface area (Å²) in [6.07, 6.45) is 0.678. The number of fused-ring (bicyclic) bond motifs is 1. The van der Waals surface area contributed by atoms with E-state index in [9.17, 15) is 13.6 Å². The number of ether oxygens (including phenoxy) is 1. The number of piperidine rings is 1. The van der Waals surface area contributed by atoms with E-state index < -0.39 is 23.1 Å². The van der Waals surface area contributed by atoms with Gasteiger partial charge in [0.1, 0.15) is 17.2 Å². The first-order valence-electron chi connectivity index (χ1n) is 7.51. The van der Waals surface area contributed by atoms with Crippen LogP contribution in [-0.2, 0) is 4.74 Å². The third-order valence-corrected chi connectivity index (χ3v) is 4.43. The monoisotopic (exact) mass is 321 g/mol. The Morgan fingerprint density at radius 3 is 2.70 bits per heavy atom. The van der Waals surface area contributed by atoms with Crippen molar-refractivity contribution in [1.29, 1.82) is 5.26 Å². The molecule has 0 radical (unpaired) electrons. The number of hydrogen-bond donors (Lipinski definition) is 0. The number of nitrogens with zero attached hydrogens (tertiary/aromatic N) is 3. The van der Waals surface area contributed by atoms with Gasteiger partial charge in [0.15, 0.2) is 0 Å². The van der Waals surface area contributed by atoms with Crippen LogP contribution < -0.4 is 0 Å². The molecule has 2 heterocycles. The molecule has 0 spiro atoms. The summed E-state index contributed by atoms with van der Waals surface area (Å²) in [6, 6.07) is 3.24. The molecular weight excluding hydrogens is 304 g/mol. The van der Waals surface area contributed by atoms with Crippen LogP contribution in [0.4, 0.5) is 8.78 Å². The minimum absolute atomic E-state index is 0.103. The van der Waals surface area contributed by atoms with Gasteiger partial charge in [0.25, 0.3) is 5.91 Å². The topological polar surface area (TPSA) is 56.6 Å². The standard InChI is InChI=1S/C16H17F2N3O2/c1-20-3-2-14-13(9-20)21(4-5-23-14)16(22)15-11(17)6-10(8-19)7-12(15)18/h6-7,13-14H,2-5,9H2,1H3/t13-,14+/m1/s1. The zero-order valence-electron chi connectivity index (χ0n) is 12.8. The number of likely N-dealkylation sites (tertiary alicyclic amines) is 1. The second kappa shape index (κ2) is 6.22. The van der Waals surface area contributed by atoms with E-state index in [4.69, 9.17) is 10.00 Å². The van der Waals surface area contributed by atoms with Gasteiger partial charge in [0.2, 0.25) is 0 Å². The highest BCUT2D eigenvalue weighted by molar-refractivity contribution is 5.95. The van der Waals surface area contributed by atoms with E-state index in [0.717, 1.165) is 25.1 Å². The first kappa shape index (κ1) is 15.8. The van der Waals surface area contributed by atoms with Crippen molar-refractivity contribution in [2.45, 2.75) is 18.6 Å². The molecular formula is C16H17F2N3O2. The number of morpholine rings is 1. The molecule has 1 amide bonds. The first-order chi connectivity index (χ1) is 11.0. The molecule has 0 aliphatic carbocycles. The van der Waals surface area contributed by atoms with Crippen LogP contribution in [0.25, 0.3) is 0 Å². The quantitative estimate of drug-likeness (QED) is 0.784. The second-order valence-corrected chi connectivity index (χ2v) is 5.95. The van der Waals surface area contributed by atoms with E-state index in [2.05, 4.69) is 4.90 Å². The Labute approximate surface area is 133 Å². The lowest BCUT2D eigenvalue weighted by molar-refractivity contribution is -0.0871. The molecule has 5 nitrogen and oxygen atoms in total. The number of amides is 1. The van der Waals surface area contributed by atoms with E-state index in [1.165, 1.54) is 4.90 Å². The van der Waals surface area contributed by atoms with Crippen LogP contribution in [0.1, 0.15) is 22.3 Å². The van der Waals surface area contributed by atoms with Crippen LogP contribution >= 0.6 is 0 Å². The minimum atomic E-state index is -1.00. The van der Waals surface area contributed by atoms with E-state index in [0.29, 0.717) is 19.7 Å². The third kappa shape index (κ3) is 2.92. The maximum atomic E-state index is 14.1. The zero-order valence-corrected chi connectivity index (χ0v) is 12.8. The van der Waals surface area contributed by atoms with Crippen molar-refractivity contribution in [2.24, 2.45) is 0 Å². The smallest absolute Gasteiger partial charge is 0.260 e. The fourth-order valence-corrected chi connectivity index (χ4v) is 3.27. The van der Waals surface area contributed by atoms with Crippen LogP contribution in [0.15, 0.2) is 12.1 Å². The molecule has 122 valence electrons. The lowest BCUT2D eigenvalue weighted by atomic mass is 9.98. The average molecular weight is 321 g/mol. The summed E-state index contributed by atoms with van der Waals surface area (Å²) in [5, 5.41) is 8.75. The number of hydrogen-bond acceptors (Lipinski definition) is 4. The van der Waals surface area contributed by atoms with Gasteiger partial charge in [-0.15, -0.1) is 0 Å². The molecule has 0 saturated carbocycles. The van der Waals surface area contributed by atoms with Crippen LogP contribution in [-0.4, -0.2) is 61.1 Å².